The molecule has 1 aliphatic rings. The maximum Gasteiger partial charge on any atom is 0.337 e. The Labute approximate surface area is 155 Å². The van der Waals surface area contributed by atoms with Gasteiger partial charge in [-0.2, -0.15) is 0 Å². The number of carbonyl (C=O) groups excluding carboxylic acids is 1. The van der Waals surface area contributed by atoms with Crippen LogP contribution in [0.4, 0.5) is 11.6 Å². The van der Waals surface area contributed by atoms with Crippen molar-refractivity contribution in [3.63, 3.8) is 0 Å². The first-order valence-electron chi connectivity index (χ1n) is 8.15. The third-order valence-corrected chi connectivity index (χ3v) is 4.25. The first kappa shape index (κ1) is 17.9. The van der Waals surface area contributed by atoms with Gasteiger partial charge in [-0.15, -0.1) is 0 Å². The highest BCUT2D eigenvalue weighted by atomic mass is 32.1. The number of nitrogen functional groups attached to an aromatic ring is 1. The maximum absolute atomic E-state index is 12.8. The number of fused-ring (bicyclic) bond motifs is 1. The number of ether oxygens (including phenoxy) is 1. The van der Waals surface area contributed by atoms with Crippen molar-refractivity contribution in [2.24, 2.45) is 0 Å². The number of allylic oxidation sites excluding steroid dienone is 1. The van der Waals surface area contributed by atoms with Crippen LogP contribution >= 0.6 is 12.2 Å². The molecular formula is C18H20N4O3S. The van der Waals surface area contributed by atoms with Crippen LogP contribution in [0.3, 0.4) is 0 Å². The third-order valence-electron chi connectivity index (χ3n) is 4.05. The van der Waals surface area contributed by atoms with E-state index in [1.54, 1.807) is 39.0 Å². The number of H-pyrrole nitrogens is 1. The summed E-state index contributed by atoms with van der Waals surface area (Å²) < 4.78 is 5.67. The fourth-order valence-corrected chi connectivity index (χ4v) is 3.28. The van der Waals surface area contributed by atoms with Gasteiger partial charge in [-0.05, 0) is 50.7 Å². The Morgan fingerprint density at radius 3 is 2.81 bits per heavy atom. The molecule has 1 aromatic carbocycles. The number of phenolic OH excluding ortho intramolecular Hbond substituents is 1. The van der Waals surface area contributed by atoms with Gasteiger partial charge >= 0.3 is 5.97 Å². The number of rotatable bonds is 3. The highest BCUT2D eigenvalue weighted by Gasteiger charge is 2.36. The zero-order valence-electron chi connectivity index (χ0n) is 14.7. The molecule has 8 heteroatoms. The number of phenols is 1. The zero-order valence-corrected chi connectivity index (χ0v) is 15.5. The lowest BCUT2D eigenvalue weighted by Gasteiger charge is -2.30. The Bertz CT molecular complexity index is 965. The second-order valence-electron chi connectivity index (χ2n) is 6.36. The minimum absolute atomic E-state index is 0.0900. The average Bonchev–Trinajstić information content (AvgIpc) is 2.52. The minimum atomic E-state index is -0.552. The normalized spacial score (nSPS) is 16.2. The number of nitrogens with two attached hydrogens (primary N) is 1. The van der Waals surface area contributed by atoms with Crippen LogP contribution in [0.5, 0.6) is 5.75 Å². The number of hydrogen-bond acceptors (Lipinski definition) is 7. The van der Waals surface area contributed by atoms with E-state index in [0.717, 1.165) is 0 Å². The molecule has 1 aromatic heterocycles. The molecular weight excluding hydrogens is 352 g/mol. The van der Waals surface area contributed by atoms with E-state index in [2.05, 4.69) is 15.3 Å². The first-order chi connectivity index (χ1) is 12.3. The van der Waals surface area contributed by atoms with Crippen molar-refractivity contribution < 1.29 is 14.6 Å². The quantitative estimate of drug-likeness (QED) is 0.483. The molecule has 0 radical (unpaired) electrons. The van der Waals surface area contributed by atoms with E-state index in [0.29, 0.717) is 34.0 Å². The second-order valence-corrected chi connectivity index (χ2v) is 6.75. The Morgan fingerprint density at radius 1 is 1.42 bits per heavy atom. The standard InChI is InChI=1S/C18H20N4O3S/c1-8(2)25-17(24)12-9(3)20-16-14(15(19)21-18(26)22-16)13(12)10-5-4-6-11(23)7-10/h4-8,13,23H,1-3H3,(H4,19,20,21,22,26). The lowest BCUT2D eigenvalue weighted by Crippen LogP contribution is -2.27. The highest BCUT2D eigenvalue weighted by molar-refractivity contribution is 7.71. The molecule has 3 rings (SSSR count). The van der Waals surface area contributed by atoms with Crippen molar-refractivity contribution in [1.82, 2.24) is 9.97 Å². The summed E-state index contributed by atoms with van der Waals surface area (Å²) in [6.45, 7) is 5.34. The zero-order chi connectivity index (χ0) is 19.0. The monoisotopic (exact) mass is 372 g/mol. The molecule has 0 fully saturated rings. The number of nitrogens with zero attached hydrogens (tertiary/aromatic N) is 1. The lowest BCUT2D eigenvalue weighted by molar-refractivity contribution is -0.142. The number of esters is 1. The Hall–Kier alpha value is -2.87. The van der Waals surface area contributed by atoms with Crippen LogP contribution in [0.1, 0.15) is 37.8 Å². The van der Waals surface area contributed by atoms with Gasteiger partial charge in [-0.25, -0.2) is 9.78 Å². The van der Waals surface area contributed by atoms with Crippen LogP contribution in [0, 0.1) is 4.77 Å². The van der Waals surface area contributed by atoms with E-state index in [-0.39, 0.29) is 16.6 Å². The fraction of sp³-hybridized carbons (Fsp3) is 0.278. The van der Waals surface area contributed by atoms with Gasteiger partial charge < -0.3 is 25.9 Å². The number of nitrogens with one attached hydrogen (secondary N) is 2. The summed E-state index contributed by atoms with van der Waals surface area (Å²) in [5.41, 5.74) is 8.48. The van der Waals surface area contributed by atoms with E-state index in [4.69, 9.17) is 22.7 Å². The number of hydrogen-bond donors (Lipinski definition) is 4. The van der Waals surface area contributed by atoms with Crippen LogP contribution in [-0.4, -0.2) is 27.1 Å². The molecule has 0 saturated heterocycles. The molecule has 5 N–H and O–H groups in total. The van der Waals surface area contributed by atoms with Crippen molar-refractivity contribution >= 4 is 29.8 Å². The summed E-state index contributed by atoms with van der Waals surface area (Å²) in [5, 5.41) is 13.0. The fourth-order valence-electron chi connectivity index (χ4n) is 3.08. The molecule has 0 amide bonds. The van der Waals surface area contributed by atoms with E-state index < -0.39 is 11.9 Å². The van der Waals surface area contributed by atoms with Crippen LogP contribution in [0.2, 0.25) is 0 Å². The molecule has 0 bridgehead atoms. The molecule has 7 nitrogen and oxygen atoms in total. The van der Waals surface area contributed by atoms with Crippen molar-refractivity contribution in [1.29, 1.82) is 0 Å². The Kier molecular flexibility index (Phi) is 4.69. The second kappa shape index (κ2) is 6.80. The van der Waals surface area contributed by atoms with Crippen LogP contribution in [0.25, 0.3) is 0 Å². The summed E-state index contributed by atoms with van der Waals surface area (Å²) >= 11 is 5.10. The van der Waals surface area contributed by atoms with Gasteiger partial charge in [0, 0.05) is 11.3 Å². The van der Waals surface area contributed by atoms with Crippen LogP contribution in [-0.2, 0) is 9.53 Å². The molecule has 0 saturated carbocycles. The highest BCUT2D eigenvalue weighted by Crippen LogP contribution is 2.44. The molecule has 2 aromatic rings. The summed E-state index contributed by atoms with van der Waals surface area (Å²) in [4.78, 5) is 19.9. The van der Waals surface area contributed by atoms with Crippen molar-refractivity contribution in [2.45, 2.75) is 32.8 Å². The molecule has 1 unspecified atom stereocenters. The van der Waals surface area contributed by atoms with Crippen LogP contribution < -0.4 is 11.1 Å². The van der Waals surface area contributed by atoms with Gasteiger partial charge in [-0.3, -0.25) is 0 Å². The predicted octanol–water partition coefficient (Wildman–Crippen LogP) is 3.21. The van der Waals surface area contributed by atoms with E-state index in [1.165, 1.54) is 0 Å². The molecule has 136 valence electrons. The topological polar surface area (TPSA) is 113 Å². The average molecular weight is 372 g/mol. The Balaban J connectivity index is 2.25. The Morgan fingerprint density at radius 2 is 2.15 bits per heavy atom. The number of anilines is 2. The van der Waals surface area contributed by atoms with E-state index in [1.807, 2.05) is 6.07 Å². The number of aromatic amines is 1. The molecule has 1 atom stereocenters. The van der Waals surface area contributed by atoms with Gasteiger partial charge in [0.1, 0.15) is 17.4 Å². The number of benzene rings is 1. The van der Waals surface area contributed by atoms with Gasteiger partial charge in [0.2, 0.25) is 0 Å². The van der Waals surface area contributed by atoms with Gasteiger partial charge in [0.25, 0.3) is 0 Å². The number of aromatic hydroxyl groups is 1. The third kappa shape index (κ3) is 3.28. The lowest BCUT2D eigenvalue weighted by atomic mass is 9.82. The van der Waals surface area contributed by atoms with E-state index >= 15 is 0 Å². The number of carbonyl (C=O) groups is 1. The van der Waals surface area contributed by atoms with Crippen LogP contribution in [0.15, 0.2) is 35.5 Å². The minimum Gasteiger partial charge on any atom is -0.508 e. The van der Waals surface area contributed by atoms with Crippen molar-refractivity contribution in [3.05, 3.63) is 51.4 Å². The smallest absolute Gasteiger partial charge is 0.337 e. The van der Waals surface area contributed by atoms with Crippen molar-refractivity contribution in [3.8, 4) is 5.75 Å². The summed E-state index contributed by atoms with van der Waals surface area (Å²) in [6, 6.07) is 6.68. The first-order valence-corrected chi connectivity index (χ1v) is 8.56. The predicted molar refractivity (Wildman–Crippen MR) is 101 cm³/mol. The molecule has 0 aliphatic carbocycles. The number of aromatic nitrogens is 2. The summed E-state index contributed by atoms with van der Waals surface area (Å²) in [7, 11) is 0. The van der Waals surface area contributed by atoms with Gasteiger partial charge in [0.05, 0.1) is 17.6 Å². The largest absolute Gasteiger partial charge is 0.508 e. The molecule has 2 heterocycles. The van der Waals surface area contributed by atoms with Gasteiger partial charge in [0.15, 0.2) is 4.77 Å². The van der Waals surface area contributed by atoms with E-state index in [9.17, 15) is 9.90 Å². The van der Waals surface area contributed by atoms with Crippen molar-refractivity contribution in [2.75, 3.05) is 11.1 Å². The van der Waals surface area contributed by atoms with Gasteiger partial charge in [-0.1, -0.05) is 12.1 Å². The summed E-state index contributed by atoms with van der Waals surface area (Å²) in [5.74, 6) is -0.122. The molecule has 0 spiro atoms. The SMILES string of the molecule is CC1=C(C(=O)OC(C)C)C(c2cccc(O)c2)c2c(nc(=S)[nH]c2N)N1. The molecule has 1 aliphatic heterocycles. The molecule has 26 heavy (non-hydrogen) atoms. The summed E-state index contributed by atoms with van der Waals surface area (Å²) in [6.07, 6.45) is -0.272. The maximum atomic E-state index is 12.8.